The standard InChI is InChI=1S/C7H10N2S.C2H6/c1-3-10-7-4-5-8-6(2)9-7;1-2/h4-5H,3H2,1-2H3;1-2H3. The molecule has 0 aromatic carbocycles. The molecule has 0 saturated carbocycles. The number of aromatic nitrogens is 2. The molecule has 0 atom stereocenters. The van der Waals surface area contributed by atoms with Crippen molar-refractivity contribution in [2.45, 2.75) is 32.7 Å². The summed E-state index contributed by atoms with van der Waals surface area (Å²) in [6.07, 6.45) is 1.79. The van der Waals surface area contributed by atoms with Gasteiger partial charge in [-0.25, -0.2) is 9.97 Å². The Hall–Kier alpha value is -0.570. The van der Waals surface area contributed by atoms with E-state index in [1.165, 1.54) is 0 Å². The van der Waals surface area contributed by atoms with E-state index in [4.69, 9.17) is 0 Å². The van der Waals surface area contributed by atoms with E-state index in [0.717, 1.165) is 16.6 Å². The molecule has 3 heteroatoms. The van der Waals surface area contributed by atoms with Gasteiger partial charge in [0, 0.05) is 6.20 Å². The first kappa shape index (κ1) is 11.4. The van der Waals surface area contributed by atoms with E-state index in [0.29, 0.717) is 0 Å². The summed E-state index contributed by atoms with van der Waals surface area (Å²) in [7, 11) is 0. The van der Waals surface area contributed by atoms with Crippen LogP contribution in [0.5, 0.6) is 0 Å². The first-order valence-corrected chi connectivity index (χ1v) is 5.24. The average Bonchev–Trinajstić information content (AvgIpc) is 2.09. The zero-order valence-electron chi connectivity index (χ0n) is 8.16. The monoisotopic (exact) mass is 184 g/mol. The van der Waals surface area contributed by atoms with Gasteiger partial charge in [-0.15, -0.1) is 11.8 Å². The third kappa shape index (κ3) is 4.34. The van der Waals surface area contributed by atoms with Crippen molar-refractivity contribution < 1.29 is 0 Å². The van der Waals surface area contributed by atoms with Crippen molar-refractivity contribution in [1.29, 1.82) is 0 Å². The fourth-order valence-electron chi connectivity index (χ4n) is 0.663. The largest absolute Gasteiger partial charge is 0.242 e. The smallest absolute Gasteiger partial charge is 0.126 e. The van der Waals surface area contributed by atoms with Crippen LogP contribution in [0.2, 0.25) is 0 Å². The molecule has 0 radical (unpaired) electrons. The number of rotatable bonds is 2. The van der Waals surface area contributed by atoms with E-state index >= 15 is 0 Å². The summed E-state index contributed by atoms with van der Waals surface area (Å²) in [5.74, 6) is 1.91. The van der Waals surface area contributed by atoms with Gasteiger partial charge >= 0.3 is 0 Å². The predicted molar refractivity (Wildman–Crippen MR) is 54.5 cm³/mol. The Labute approximate surface area is 78.8 Å². The fourth-order valence-corrected chi connectivity index (χ4v) is 1.31. The van der Waals surface area contributed by atoms with Crippen LogP contribution in [-0.4, -0.2) is 15.7 Å². The lowest BCUT2D eigenvalue weighted by molar-refractivity contribution is 0.968. The molecule has 0 aliphatic carbocycles. The Kier molecular flexibility index (Phi) is 6.76. The summed E-state index contributed by atoms with van der Waals surface area (Å²) in [6, 6.07) is 1.93. The van der Waals surface area contributed by atoms with Gasteiger partial charge in [0.2, 0.25) is 0 Å². The lowest BCUT2D eigenvalue weighted by Gasteiger charge is -1.95. The molecule has 0 spiro atoms. The lowest BCUT2D eigenvalue weighted by atomic mass is 10.6. The van der Waals surface area contributed by atoms with Crippen molar-refractivity contribution in [2.24, 2.45) is 0 Å². The Morgan fingerprint density at radius 1 is 1.42 bits per heavy atom. The van der Waals surface area contributed by atoms with Gasteiger partial charge in [-0.1, -0.05) is 20.8 Å². The molecule has 1 aromatic rings. The number of hydrogen-bond donors (Lipinski definition) is 0. The molecule has 0 unspecified atom stereocenters. The van der Waals surface area contributed by atoms with E-state index < -0.39 is 0 Å². The van der Waals surface area contributed by atoms with E-state index in [9.17, 15) is 0 Å². The van der Waals surface area contributed by atoms with Crippen molar-refractivity contribution in [2.75, 3.05) is 5.75 Å². The molecule has 0 saturated heterocycles. The summed E-state index contributed by atoms with van der Waals surface area (Å²) in [6.45, 7) is 8.02. The van der Waals surface area contributed by atoms with Gasteiger partial charge in [-0.05, 0) is 18.7 Å². The van der Waals surface area contributed by atoms with Gasteiger partial charge < -0.3 is 0 Å². The Bertz CT molecular complexity index is 213. The van der Waals surface area contributed by atoms with E-state index in [1.54, 1.807) is 18.0 Å². The van der Waals surface area contributed by atoms with Crippen LogP contribution in [0.1, 0.15) is 26.6 Å². The summed E-state index contributed by atoms with van der Waals surface area (Å²) in [4.78, 5) is 8.21. The highest BCUT2D eigenvalue weighted by Crippen LogP contribution is 2.12. The van der Waals surface area contributed by atoms with Crippen LogP contribution in [0.25, 0.3) is 0 Å². The molecular formula is C9H16N2S. The van der Waals surface area contributed by atoms with Crippen LogP contribution in [-0.2, 0) is 0 Å². The van der Waals surface area contributed by atoms with Crippen LogP contribution < -0.4 is 0 Å². The molecule has 0 fully saturated rings. The summed E-state index contributed by atoms with van der Waals surface area (Å²) in [5, 5.41) is 1.06. The van der Waals surface area contributed by atoms with E-state index in [1.807, 2.05) is 26.8 Å². The molecule has 1 heterocycles. The normalized spacial score (nSPS) is 8.67. The zero-order valence-corrected chi connectivity index (χ0v) is 8.98. The zero-order chi connectivity index (χ0) is 9.40. The molecule has 12 heavy (non-hydrogen) atoms. The van der Waals surface area contributed by atoms with Gasteiger partial charge in [-0.3, -0.25) is 0 Å². The van der Waals surface area contributed by atoms with E-state index in [2.05, 4.69) is 16.9 Å². The molecule has 68 valence electrons. The molecule has 1 rings (SSSR count). The molecule has 0 aliphatic heterocycles. The average molecular weight is 184 g/mol. The maximum Gasteiger partial charge on any atom is 0.126 e. The van der Waals surface area contributed by atoms with Crippen molar-refractivity contribution in [1.82, 2.24) is 9.97 Å². The summed E-state index contributed by atoms with van der Waals surface area (Å²) < 4.78 is 0. The van der Waals surface area contributed by atoms with E-state index in [-0.39, 0.29) is 0 Å². The highest BCUT2D eigenvalue weighted by Gasteiger charge is 1.92. The highest BCUT2D eigenvalue weighted by molar-refractivity contribution is 7.99. The maximum absolute atomic E-state index is 4.21. The number of nitrogens with zero attached hydrogens (tertiary/aromatic N) is 2. The molecule has 2 nitrogen and oxygen atoms in total. The van der Waals surface area contributed by atoms with Crippen LogP contribution in [0.3, 0.4) is 0 Å². The Morgan fingerprint density at radius 3 is 2.58 bits per heavy atom. The van der Waals surface area contributed by atoms with Crippen molar-refractivity contribution in [3.05, 3.63) is 18.1 Å². The van der Waals surface area contributed by atoms with Gasteiger partial charge in [0.15, 0.2) is 0 Å². The minimum atomic E-state index is 0.846. The third-order valence-corrected chi connectivity index (χ3v) is 1.85. The van der Waals surface area contributed by atoms with Crippen LogP contribution in [0.15, 0.2) is 17.3 Å². The molecule has 0 amide bonds. The first-order valence-electron chi connectivity index (χ1n) is 4.25. The topological polar surface area (TPSA) is 25.8 Å². The lowest BCUT2D eigenvalue weighted by Crippen LogP contribution is -1.87. The third-order valence-electron chi connectivity index (χ3n) is 1.04. The number of aryl methyl sites for hydroxylation is 1. The van der Waals surface area contributed by atoms with Crippen LogP contribution >= 0.6 is 11.8 Å². The maximum atomic E-state index is 4.21. The van der Waals surface area contributed by atoms with Gasteiger partial charge in [0.05, 0.1) is 5.03 Å². The second kappa shape index (κ2) is 7.10. The Balaban J connectivity index is 0.000000561. The van der Waals surface area contributed by atoms with Crippen LogP contribution in [0.4, 0.5) is 0 Å². The first-order chi connectivity index (χ1) is 5.83. The minimum Gasteiger partial charge on any atom is -0.242 e. The molecular weight excluding hydrogens is 168 g/mol. The molecule has 0 aliphatic rings. The number of hydrogen-bond acceptors (Lipinski definition) is 3. The number of thioether (sulfide) groups is 1. The highest BCUT2D eigenvalue weighted by atomic mass is 32.2. The summed E-state index contributed by atoms with van der Waals surface area (Å²) in [5.41, 5.74) is 0. The second-order valence-electron chi connectivity index (χ2n) is 1.88. The quantitative estimate of drug-likeness (QED) is 0.522. The molecule has 0 bridgehead atoms. The molecule has 1 aromatic heterocycles. The minimum absolute atomic E-state index is 0.846. The van der Waals surface area contributed by atoms with Crippen molar-refractivity contribution >= 4 is 11.8 Å². The Morgan fingerprint density at radius 2 is 2.08 bits per heavy atom. The second-order valence-corrected chi connectivity index (χ2v) is 3.16. The van der Waals surface area contributed by atoms with Gasteiger partial charge in [-0.2, -0.15) is 0 Å². The van der Waals surface area contributed by atoms with Crippen LogP contribution in [0, 0.1) is 6.92 Å². The van der Waals surface area contributed by atoms with Crippen molar-refractivity contribution in [3.8, 4) is 0 Å². The van der Waals surface area contributed by atoms with Gasteiger partial charge in [0.25, 0.3) is 0 Å². The fraction of sp³-hybridized carbons (Fsp3) is 0.556. The summed E-state index contributed by atoms with van der Waals surface area (Å²) >= 11 is 1.74. The SMILES string of the molecule is CC.CCSc1ccnc(C)n1. The van der Waals surface area contributed by atoms with Gasteiger partial charge in [0.1, 0.15) is 5.82 Å². The van der Waals surface area contributed by atoms with Crippen molar-refractivity contribution in [3.63, 3.8) is 0 Å². The predicted octanol–water partition coefficient (Wildman–Crippen LogP) is 2.92. The molecule has 0 N–H and O–H groups in total.